The normalized spacial score (nSPS) is 16.1. The van der Waals surface area contributed by atoms with Gasteiger partial charge in [0.15, 0.2) is 0 Å². The van der Waals surface area contributed by atoms with Crippen molar-refractivity contribution in [2.24, 2.45) is 0 Å². The number of benzene rings is 1. The molecule has 0 unspecified atom stereocenters. The van der Waals surface area contributed by atoms with Crippen LogP contribution in [-0.2, 0) is 0 Å². The zero-order valence-electron chi connectivity index (χ0n) is 7.70. The molecule has 1 saturated carbocycles. The summed E-state index contributed by atoms with van der Waals surface area (Å²) < 4.78 is 0. The van der Waals surface area contributed by atoms with Gasteiger partial charge in [0.1, 0.15) is 5.15 Å². The lowest BCUT2D eigenvalue weighted by Crippen LogP contribution is -1.84. The molecule has 0 atom stereocenters. The van der Waals surface area contributed by atoms with Gasteiger partial charge in [-0.2, -0.15) is 0 Å². The second-order valence-corrected chi connectivity index (χ2v) is 4.24. The average Bonchev–Trinajstić information content (AvgIpc) is 2.99. The number of halogens is 1. The summed E-state index contributed by atoms with van der Waals surface area (Å²) in [5, 5.41) is 3.04. The fourth-order valence-electron chi connectivity index (χ4n) is 1.92. The molecule has 1 aromatic heterocycles. The Balaban J connectivity index is 2.30. The van der Waals surface area contributed by atoms with Crippen molar-refractivity contribution in [2.45, 2.75) is 18.8 Å². The number of pyridine rings is 1. The smallest absolute Gasteiger partial charge is 0.129 e. The summed E-state index contributed by atoms with van der Waals surface area (Å²) in [6, 6.07) is 8.33. The van der Waals surface area contributed by atoms with Gasteiger partial charge in [-0.1, -0.05) is 29.8 Å². The van der Waals surface area contributed by atoms with Crippen LogP contribution < -0.4 is 0 Å². The Kier molecular flexibility index (Phi) is 1.74. The van der Waals surface area contributed by atoms with Crippen LogP contribution >= 0.6 is 11.6 Å². The quantitative estimate of drug-likeness (QED) is 0.643. The van der Waals surface area contributed by atoms with Crippen molar-refractivity contribution in [3.05, 3.63) is 41.2 Å². The molecule has 0 N–H and O–H groups in total. The van der Waals surface area contributed by atoms with Crippen molar-refractivity contribution in [3.63, 3.8) is 0 Å². The van der Waals surface area contributed by atoms with Crippen LogP contribution in [0.15, 0.2) is 30.5 Å². The van der Waals surface area contributed by atoms with Crippen LogP contribution in [0.1, 0.15) is 24.3 Å². The minimum Gasteiger partial charge on any atom is -0.244 e. The first-order chi connectivity index (χ1) is 6.84. The maximum atomic E-state index is 5.86. The van der Waals surface area contributed by atoms with E-state index in [1.165, 1.54) is 29.2 Å². The fraction of sp³-hybridized carbons (Fsp3) is 0.250. The number of hydrogen-bond acceptors (Lipinski definition) is 1. The summed E-state index contributed by atoms with van der Waals surface area (Å²) in [6.07, 6.45) is 4.54. The van der Waals surface area contributed by atoms with E-state index in [2.05, 4.69) is 23.2 Å². The minimum atomic E-state index is 0.574. The van der Waals surface area contributed by atoms with Gasteiger partial charge in [-0.25, -0.2) is 4.98 Å². The number of nitrogens with zero attached hydrogens (tertiary/aromatic N) is 1. The van der Waals surface area contributed by atoms with E-state index in [0.717, 1.165) is 5.92 Å². The van der Waals surface area contributed by atoms with E-state index in [4.69, 9.17) is 11.6 Å². The summed E-state index contributed by atoms with van der Waals surface area (Å²) in [7, 11) is 0. The van der Waals surface area contributed by atoms with Crippen LogP contribution in [0.3, 0.4) is 0 Å². The molecular formula is C12H10ClN. The first-order valence-electron chi connectivity index (χ1n) is 4.89. The lowest BCUT2D eigenvalue weighted by molar-refractivity contribution is 1.15. The van der Waals surface area contributed by atoms with Crippen molar-refractivity contribution < 1.29 is 0 Å². The first-order valence-corrected chi connectivity index (χ1v) is 5.26. The van der Waals surface area contributed by atoms with E-state index >= 15 is 0 Å². The monoisotopic (exact) mass is 203 g/mol. The predicted molar refractivity (Wildman–Crippen MR) is 58.7 cm³/mol. The lowest BCUT2D eigenvalue weighted by Gasteiger charge is -2.04. The van der Waals surface area contributed by atoms with Gasteiger partial charge in [-0.05, 0) is 35.8 Å². The van der Waals surface area contributed by atoms with Crippen LogP contribution in [0.5, 0.6) is 0 Å². The summed E-state index contributed by atoms with van der Waals surface area (Å²) >= 11 is 5.86. The molecule has 1 aliphatic carbocycles. The first kappa shape index (κ1) is 8.25. The van der Waals surface area contributed by atoms with Gasteiger partial charge in [0.05, 0.1) is 0 Å². The molecule has 0 amide bonds. The van der Waals surface area contributed by atoms with Crippen molar-refractivity contribution in [1.82, 2.24) is 4.98 Å². The van der Waals surface area contributed by atoms with Gasteiger partial charge in [-0.15, -0.1) is 0 Å². The molecular weight excluding hydrogens is 194 g/mol. The Morgan fingerprint density at radius 2 is 2.14 bits per heavy atom. The maximum absolute atomic E-state index is 5.86. The fourth-order valence-corrected chi connectivity index (χ4v) is 2.09. The SMILES string of the molecule is Clc1cc2cccc(C3CC3)c2cn1. The molecule has 1 fully saturated rings. The second-order valence-electron chi connectivity index (χ2n) is 3.85. The molecule has 2 aromatic rings. The van der Waals surface area contributed by atoms with E-state index in [1.807, 2.05) is 12.3 Å². The van der Waals surface area contributed by atoms with E-state index in [0.29, 0.717) is 5.15 Å². The molecule has 0 saturated heterocycles. The Bertz CT molecular complexity index is 489. The molecule has 0 bridgehead atoms. The minimum absolute atomic E-state index is 0.574. The molecule has 1 aliphatic rings. The van der Waals surface area contributed by atoms with Gasteiger partial charge in [0.25, 0.3) is 0 Å². The maximum Gasteiger partial charge on any atom is 0.129 e. The van der Waals surface area contributed by atoms with E-state index in [1.54, 1.807) is 0 Å². The third-order valence-corrected chi connectivity index (χ3v) is 2.99. The topological polar surface area (TPSA) is 12.9 Å². The van der Waals surface area contributed by atoms with Gasteiger partial charge in [0.2, 0.25) is 0 Å². The molecule has 0 spiro atoms. The zero-order valence-corrected chi connectivity index (χ0v) is 8.46. The zero-order chi connectivity index (χ0) is 9.54. The molecule has 0 aliphatic heterocycles. The van der Waals surface area contributed by atoms with Crippen LogP contribution in [-0.4, -0.2) is 4.98 Å². The third kappa shape index (κ3) is 1.28. The molecule has 1 aromatic carbocycles. The summed E-state index contributed by atoms with van der Waals surface area (Å²) in [6.45, 7) is 0. The average molecular weight is 204 g/mol. The Labute approximate surface area is 87.7 Å². The number of hydrogen-bond donors (Lipinski definition) is 0. The molecule has 14 heavy (non-hydrogen) atoms. The van der Waals surface area contributed by atoms with Crippen LogP contribution in [0.4, 0.5) is 0 Å². The number of aromatic nitrogens is 1. The molecule has 2 heteroatoms. The standard InChI is InChI=1S/C12H10ClN/c13-12-6-9-2-1-3-10(8-4-5-8)11(9)7-14-12/h1-3,6-8H,4-5H2. The van der Waals surface area contributed by atoms with Gasteiger partial charge in [-0.3, -0.25) is 0 Å². The second kappa shape index (κ2) is 2.96. The number of rotatable bonds is 1. The van der Waals surface area contributed by atoms with Gasteiger partial charge >= 0.3 is 0 Å². The molecule has 1 nitrogen and oxygen atoms in total. The summed E-state index contributed by atoms with van der Waals surface area (Å²) in [5.74, 6) is 0.765. The summed E-state index contributed by atoms with van der Waals surface area (Å²) in [4.78, 5) is 4.14. The summed E-state index contributed by atoms with van der Waals surface area (Å²) in [5.41, 5.74) is 1.44. The lowest BCUT2D eigenvalue weighted by atomic mass is 10.0. The van der Waals surface area contributed by atoms with Crippen molar-refractivity contribution >= 4 is 22.4 Å². The largest absolute Gasteiger partial charge is 0.244 e. The van der Waals surface area contributed by atoms with Crippen LogP contribution in [0.2, 0.25) is 5.15 Å². The van der Waals surface area contributed by atoms with Crippen molar-refractivity contribution in [2.75, 3.05) is 0 Å². The van der Waals surface area contributed by atoms with E-state index in [9.17, 15) is 0 Å². The van der Waals surface area contributed by atoms with E-state index < -0.39 is 0 Å². The highest BCUT2D eigenvalue weighted by atomic mass is 35.5. The molecule has 70 valence electrons. The predicted octanol–water partition coefficient (Wildman–Crippen LogP) is 3.77. The van der Waals surface area contributed by atoms with Crippen LogP contribution in [0, 0.1) is 0 Å². The highest BCUT2D eigenvalue weighted by Gasteiger charge is 2.24. The Morgan fingerprint density at radius 3 is 2.93 bits per heavy atom. The van der Waals surface area contributed by atoms with Crippen LogP contribution in [0.25, 0.3) is 10.8 Å². The number of fused-ring (bicyclic) bond motifs is 1. The van der Waals surface area contributed by atoms with Crippen molar-refractivity contribution in [1.29, 1.82) is 0 Å². The highest BCUT2D eigenvalue weighted by Crippen LogP contribution is 2.42. The van der Waals surface area contributed by atoms with Crippen molar-refractivity contribution in [3.8, 4) is 0 Å². The molecule has 1 heterocycles. The molecule has 3 rings (SSSR count). The molecule has 0 radical (unpaired) electrons. The third-order valence-electron chi connectivity index (χ3n) is 2.78. The Morgan fingerprint density at radius 1 is 1.29 bits per heavy atom. The van der Waals surface area contributed by atoms with E-state index in [-0.39, 0.29) is 0 Å². The van der Waals surface area contributed by atoms with Gasteiger partial charge in [0, 0.05) is 11.6 Å². The van der Waals surface area contributed by atoms with Gasteiger partial charge < -0.3 is 0 Å². The highest BCUT2D eigenvalue weighted by molar-refractivity contribution is 6.30. The Hall–Kier alpha value is -1.08.